The summed E-state index contributed by atoms with van der Waals surface area (Å²) in [7, 11) is -3.18. The van der Waals surface area contributed by atoms with E-state index in [-0.39, 0.29) is 5.78 Å². The molecule has 1 aromatic carbocycles. The van der Waals surface area contributed by atoms with Crippen LogP contribution in [0.2, 0.25) is 0 Å². The molecule has 0 saturated heterocycles. The van der Waals surface area contributed by atoms with Crippen LogP contribution in [0.15, 0.2) is 41.4 Å². The highest BCUT2D eigenvalue weighted by Crippen LogP contribution is 2.25. The summed E-state index contributed by atoms with van der Waals surface area (Å²) < 4.78 is 24.9. The zero-order valence-electron chi connectivity index (χ0n) is 11.2. The third-order valence-electron chi connectivity index (χ3n) is 3.65. The first-order valence-electron chi connectivity index (χ1n) is 6.51. The number of fused-ring (bicyclic) bond motifs is 1. The third kappa shape index (κ3) is 2.18. The quantitative estimate of drug-likeness (QED) is 0.853. The van der Waals surface area contributed by atoms with Crippen LogP contribution in [0, 0.1) is 0 Å². The molecule has 0 N–H and O–H groups in total. The molecule has 0 amide bonds. The molecule has 3 rings (SSSR count). The number of hydrogen-bond acceptors (Lipinski definition) is 3. The van der Waals surface area contributed by atoms with Gasteiger partial charge < -0.3 is 4.57 Å². The maximum Gasteiger partial charge on any atom is 0.175 e. The summed E-state index contributed by atoms with van der Waals surface area (Å²) in [5.74, 6) is 0.192. The number of Topliss-reactive ketones (excluding diaryl/α,β-unsaturated/α-hetero) is 1. The van der Waals surface area contributed by atoms with Crippen LogP contribution in [0.5, 0.6) is 0 Å². The summed E-state index contributed by atoms with van der Waals surface area (Å²) in [4.78, 5) is 12.1. The van der Waals surface area contributed by atoms with E-state index in [1.165, 1.54) is 6.26 Å². The van der Waals surface area contributed by atoms with Gasteiger partial charge in [-0.3, -0.25) is 4.79 Å². The van der Waals surface area contributed by atoms with Gasteiger partial charge >= 0.3 is 0 Å². The van der Waals surface area contributed by atoms with Crippen LogP contribution in [0.3, 0.4) is 0 Å². The molecule has 0 aliphatic heterocycles. The van der Waals surface area contributed by atoms with E-state index < -0.39 is 9.84 Å². The van der Waals surface area contributed by atoms with Gasteiger partial charge in [0, 0.05) is 35.8 Å². The van der Waals surface area contributed by atoms with Gasteiger partial charge in [0.05, 0.1) is 4.90 Å². The van der Waals surface area contributed by atoms with Gasteiger partial charge in [-0.2, -0.15) is 0 Å². The number of carbonyl (C=O) groups excluding carboxylic acids is 1. The zero-order chi connectivity index (χ0) is 14.3. The molecule has 0 radical (unpaired) electrons. The maximum atomic E-state index is 11.8. The third-order valence-corrected chi connectivity index (χ3v) is 4.78. The van der Waals surface area contributed by atoms with E-state index in [1.807, 2.05) is 16.8 Å². The van der Waals surface area contributed by atoms with E-state index in [2.05, 4.69) is 0 Å². The Bertz CT molecular complexity index is 770. The highest BCUT2D eigenvalue weighted by atomic mass is 32.2. The number of sulfone groups is 1. The van der Waals surface area contributed by atoms with Gasteiger partial charge in [0.2, 0.25) is 0 Å². The number of nitrogens with zero attached hydrogens (tertiary/aromatic N) is 1. The Morgan fingerprint density at radius 1 is 1.05 bits per heavy atom. The molecule has 0 spiro atoms. The molecule has 0 atom stereocenters. The van der Waals surface area contributed by atoms with Gasteiger partial charge in [0.1, 0.15) is 0 Å². The standard InChI is InChI=1S/C15H15NO3S/c1-20(18,19)12-7-5-11(6-8-12)16-10-9-13-14(16)3-2-4-15(13)17/h5-10H,2-4H2,1H3. The van der Waals surface area contributed by atoms with Crippen molar-refractivity contribution in [3.8, 4) is 5.69 Å². The summed E-state index contributed by atoms with van der Waals surface area (Å²) in [6, 6.07) is 8.59. The average Bonchev–Trinajstić information content (AvgIpc) is 2.83. The van der Waals surface area contributed by atoms with Crippen LogP contribution in [0.25, 0.3) is 5.69 Å². The molecule has 104 valence electrons. The summed E-state index contributed by atoms with van der Waals surface area (Å²) in [5.41, 5.74) is 2.70. The van der Waals surface area contributed by atoms with Crippen LogP contribution in [-0.4, -0.2) is 25.0 Å². The molecule has 1 aliphatic rings. The maximum absolute atomic E-state index is 11.8. The second-order valence-corrected chi connectivity index (χ2v) is 7.10. The molecule has 5 heteroatoms. The summed E-state index contributed by atoms with van der Waals surface area (Å²) in [6.45, 7) is 0. The molecule has 2 aromatic rings. The molecule has 0 unspecified atom stereocenters. The van der Waals surface area contributed by atoms with E-state index >= 15 is 0 Å². The molecule has 1 heterocycles. The average molecular weight is 289 g/mol. The van der Waals surface area contributed by atoms with Crippen LogP contribution in [0.1, 0.15) is 28.9 Å². The number of benzene rings is 1. The van der Waals surface area contributed by atoms with Gasteiger partial charge in [-0.1, -0.05) is 0 Å². The molecule has 20 heavy (non-hydrogen) atoms. The molecule has 1 aromatic heterocycles. The smallest absolute Gasteiger partial charge is 0.175 e. The van der Waals surface area contributed by atoms with Crippen molar-refractivity contribution in [3.63, 3.8) is 0 Å². The highest BCUT2D eigenvalue weighted by molar-refractivity contribution is 7.90. The van der Waals surface area contributed by atoms with Crippen molar-refractivity contribution in [2.24, 2.45) is 0 Å². The van der Waals surface area contributed by atoms with E-state index in [0.717, 1.165) is 29.8 Å². The lowest BCUT2D eigenvalue weighted by molar-refractivity contribution is 0.0972. The predicted molar refractivity (Wildman–Crippen MR) is 76.1 cm³/mol. The SMILES string of the molecule is CS(=O)(=O)c1ccc(-n2ccc3c2CCCC3=O)cc1. The lowest BCUT2D eigenvalue weighted by Crippen LogP contribution is -2.12. The normalized spacial score (nSPS) is 15.2. The fraction of sp³-hybridized carbons (Fsp3) is 0.267. The van der Waals surface area contributed by atoms with E-state index in [0.29, 0.717) is 11.3 Å². The minimum absolute atomic E-state index is 0.192. The van der Waals surface area contributed by atoms with Crippen molar-refractivity contribution < 1.29 is 13.2 Å². The number of hydrogen-bond donors (Lipinski definition) is 0. The van der Waals surface area contributed by atoms with Gasteiger partial charge in [-0.25, -0.2) is 8.42 Å². The van der Waals surface area contributed by atoms with Gasteiger partial charge in [-0.05, 0) is 43.2 Å². The molecular formula is C15H15NO3S. The minimum Gasteiger partial charge on any atom is -0.320 e. The molecule has 4 nitrogen and oxygen atoms in total. The van der Waals surface area contributed by atoms with Crippen LogP contribution in [-0.2, 0) is 16.3 Å². The van der Waals surface area contributed by atoms with Crippen LogP contribution in [0.4, 0.5) is 0 Å². The first kappa shape index (κ1) is 13.1. The molecule has 1 aliphatic carbocycles. The summed E-state index contributed by atoms with van der Waals surface area (Å²) >= 11 is 0. The molecular weight excluding hydrogens is 274 g/mol. The topological polar surface area (TPSA) is 56.1 Å². The molecule has 0 saturated carbocycles. The van der Waals surface area contributed by atoms with E-state index in [1.54, 1.807) is 24.3 Å². The number of aromatic nitrogens is 1. The Labute approximate surface area is 118 Å². The van der Waals surface area contributed by atoms with Crippen molar-refractivity contribution in [2.75, 3.05) is 6.26 Å². The zero-order valence-corrected chi connectivity index (χ0v) is 12.0. The Hall–Kier alpha value is -1.88. The van der Waals surface area contributed by atoms with Gasteiger partial charge in [0.15, 0.2) is 15.6 Å². The van der Waals surface area contributed by atoms with Crippen molar-refractivity contribution in [3.05, 3.63) is 47.8 Å². The van der Waals surface area contributed by atoms with Crippen molar-refractivity contribution >= 4 is 15.6 Å². The van der Waals surface area contributed by atoms with Crippen LogP contribution < -0.4 is 0 Å². The van der Waals surface area contributed by atoms with E-state index in [9.17, 15) is 13.2 Å². The number of carbonyl (C=O) groups is 1. The molecule has 0 fully saturated rings. The predicted octanol–water partition coefficient (Wildman–Crippen LogP) is 2.40. The monoisotopic (exact) mass is 289 g/mol. The number of ketones is 1. The minimum atomic E-state index is -3.18. The van der Waals surface area contributed by atoms with Gasteiger partial charge in [0.25, 0.3) is 0 Å². The second kappa shape index (κ2) is 4.59. The Morgan fingerprint density at radius 2 is 1.75 bits per heavy atom. The Morgan fingerprint density at radius 3 is 2.40 bits per heavy atom. The Kier molecular flexibility index (Phi) is 3.01. The molecule has 0 bridgehead atoms. The first-order chi connectivity index (χ1) is 9.47. The fourth-order valence-electron chi connectivity index (χ4n) is 2.62. The summed E-state index contributed by atoms with van der Waals surface area (Å²) in [6.07, 6.45) is 5.44. The first-order valence-corrected chi connectivity index (χ1v) is 8.40. The lowest BCUT2D eigenvalue weighted by Gasteiger charge is -2.15. The second-order valence-electron chi connectivity index (χ2n) is 5.09. The van der Waals surface area contributed by atoms with Gasteiger partial charge in [-0.15, -0.1) is 0 Å². The fourth-order valence-corrected chi connectivity index (χ4v) is 3.25. The van der Waals surface area contributed by atoms with E-state index in [4.69, 9.17) is 0 Å². The number of rotatable bonds is 2. The van der Waals surface area contributed by atoms with Crippen LogP contribution >= 0.6 is 0 Å². The lowest BCUT2D eigenvalue weighted by atomic mass is 9.97. The summed E-state index contributed by atoms with van der Waals surface area (Å²) in [5, 5.41) is 0. The van der Waals surface area contributed by atoms with Crippen molar-refractivity contribution in [2.45, 2.75) is 24.2 Å². The largest absolute Gasteiger partial charge is 0.320 e. The van der Waals surface area contributed by atoms with Crippen molar-refractivity contribution in [1.82, 2.24) is 4.57 Å². The Balaban J connectivity index is 2.04. The highest BCUT2D eigenvalue weighted by Gasteiger charge is 2.21. The van der Waals surface area contributed by atoms with Crippen molar-refractivity contribution in [1.29, 1.82) is 0 Å².